The minimum absolute atomic E-state index is 0.0157. The van der Waals surface area contributed by atoms with Crippen LogP contribution >= 0.6 is 11.3 Å². The Labute approximate surface area is 173 Å². The molecule has 0 unspecified atom stereocenters. The van der Waals surface area contributed by atoms with Crippen molar-refractivity contribution in [2.24, 2.45) is 5.92 Å². The molecule has 4 rings (SSSR count). The number of hydrogen-bond acceptors (Lipinski definition) is 5. The molecule has 0 radical (unpaired) electrons. The Morgan fingerprint density at radius 3 is 2.66 bits per heavy atom. The summed E-state index contributed by atoms with van der Waals surface area (Å²) in [7, 11) is 0. The third-order valence-corrected chi connectivity index (χ3v) is 6.37. The van der Waals surface area contributed by atoms with Crippen LogP contribution in [-0.4, -0.2) is 40.1 Å². The van der Waals surface area contributed by atoms with Crippen LogP contribution in [0.4, 0.5) is 0 Å². The maximum Gasteiger partial charge on any atom is 0.263 e. The van der Waals surface area contributed by atoms with Crippen molar-refractivity contribution in [1.82, 2.24) is 14.5 Å². The van der Waals surface area contributed by atoms with Crippen LogP contribution in [0.1, 0.15) is 26.7 Å². The Hall–Kier alpha value is -2.67. The normalized spacial score (nSPS) is 15.0. The molecule has 1 aromatic carbocycles. The van der Waals surface area contributed by atoms with Gasteiger partial charge in [0, 0.05) is 24.0 Å². The first-order chi connectivity index (χ1) is 14.1. The minimum atomic E-state index is -0.168. The molecule has 1 aliphatic heterocycles. The lowest BCUT2D eigenvalue weighted by Gasteiger charge is -2.30. The molecule has 7 heteroatoms. The summed E-state index contributed by atoms with van der Waals surface area (Å²) < 4.78 is 6.94. The average Bonchev–Trinajstić information content (AvgIpc) is 3.16. The molecule has 0 saturated carbocycles. The molecule has 1 saturated heterocycles. The number of thiophene rings is 1. The smallest absolute Gasteiger partial charge is 0.263 e. The van der Waals surface area contributed by atoms with Crippen LogP contribution in [0.5, 0.6) is 5.75 Å². The molecule has 0 spiro atoms. The van der Waals surface area contributed by atoms with Gasteiger partial charge >= 0.3 is 0 Å². The Bertz CT molecular complexity index is 1060. The molecule has 0 N–H and O–H groups in total. The van der Waals surface area contributed by atoms with E-state index in [2.05, 4.69) is 11.9 Å². The highest BCUT2D eigenvalue weighted by molar-refractivity contribution is 7.17. The van der Waals surface area contributed by atoms with Crippen molar-refractivity contribution in [2.75, 3.05) is 19.7 Å². The second-order valence-electron chi connectivity index (χ2n) is 7.53. The van der Waals surface area contributed by atoms with Gasteiger partial charge in [-0.15, -0.1) is 11.3 Å². The number of piperidine rings is 1. The first kappa shape index (κ1) is 19.6. The summed E-state index contributed by atoms with van der Waals surface area (Å²) in [6.45, 7) is 6.33. The zero-order valence-electron chi connectivity index (χ0n) is 16.8. The lowest BCUT2D eigenvalue weighted by molar-refractivity contribution is -0.133. The summed E-state index contributed by atoms with van der Waals surface area (Å²) in [6, 6.07) is 7.70. The molecule has 29 heavy (non-hydrogen) atoms. The van der Waals surface area contributed by atoms with Crippen molar-refractivity contribution in [3.63, 3.8) is 0 Å². The number of amides is 1. The number of carbonyl (C=O) groups excluding carboxylic acids is 1. The molecular weight excluding hydrogens is 386 g/mol. The standard InChI is InChI=1S/C22H25N3O3S/c1-3-28-17-6-4-16(5-7-17)18-13-29-21-20(18)22(27)25(14-23-21)12-19(26)24-10-8-15(2)9-11-24/h4-7,13-15H,3,8-12H2,1-2H3. The van der Waals surface area contributed by atoms with Crippen molar-refractivity contribution in [3.05, 3.63) is 46.3 Å². The quantitative estimate of drug-likeness (QED) is 0.641. The van der Waals surface area contributed by atoms with Gasteiger partial charge in [0.25, 0.3) is 5.56 Å². The van der Waals surface area contributed by atoms with Gasteiger partial charge in [-0.25, -0.2) is 4.98 Å². The molecule has 1 amide bonds. The highest BCUT2D eigenvalue weighted by atomic mass is 32.1. The van der Waals surface area contributed by atoms with Crippen LogP contribution in [0.2, 0.25) is 0 Å². The van der Waals surface area contributed by atoms with E-state index in [1.54, 1.807) is 0 Å². The van der Waals surface area contributed by atoms with Crippen LogP contribution < -0.4 is 10.3 Å². The van der Waals surface area contributed by atoms with Gasteiger partial charge in [0.1, 0.15) is 17.1 Å². The second-order valence-corrected chi connectivity index (χ2v) is 8.39. The van der Waals surface area contributed by atoms with Crippen molar-refractivity contribution in [3.8, 4) is 16.9 Å². The summed E-state index contributed by atoms with van der Waals surface area (Å²) >= 11 is 1.44. The van der Waals surface area contributed by atoms with Crippen molar-refractivity contribution < 1.29 is 9.53 Å². The Morgan fingerprint density at radius 2 is 1.97 bits per heavy atom. The fraction of sp³-hybridized carbons (Fsp3) is 0.409. The summed E-state index contributed by atoms with van der Waals surface area (Å²) in [5.41, 5.74) is 1.62. The lowest BCUT2D eigenvalue weighted by Crippen LogP contribution is -2.41. The molecule has 2 aromatic heterocycles. The zero-order chi connectivity index (χ0) is 20.4. The Balaban J connectivity index is 1.62. The fourth-order valence-corrected chi connectivity index (χ4v) is 4.60. The molecule has 1 aliphatic rings. The highest BCUT2D eigenvalue weighted by Crippen LogP contribution is 2.31. The predicted octanol–water partition coefficient (Wildman–Crippen LogP) is 3.78. The van der Waals surface area contributed by atoms with Gasteiger partial charge in [0.05, 0.1) is 18.3 Å². The van der Waals surface area contributed by atoms with E-state index in [0.29, 0.717) is 22.7 Å². The van der Waals surface area contributed by atoms with Crippen molar-refractivity contribution in [2.45, 2.75) is 33.2 Å². The number of rotatable bonds is 5. The topological polar surface area (TPSA) is 64.4 Å². The van der Waals surface area contributed by atoms with Gasteiger partial charge in [-0.1, -0.05) is 19.1 Å². The minimum Gasteiger partial charge on any atom is -0.494 e. The molecule has 0 atom stereocenters. The molecule has 3 heterocycles. The number of ether oxygens (including phenoxy) is 1. The number of aromatic nitrogens is 2. The highest BCUT2D eigenvalue weighted by Gasteiger charge is 2.21. The van der Waals surface area contributed by atoms with E-state index >= 15 is 0 Å². The van der Waals surface area contributed by atoms with E-state index in [4.69, 9.17) is 4.74 Å². The second kappa shape index (κ2) is 8.37. The third kappa shape index (κ3) is 4.05. The molecule has 152 valence electrons. The number of likely N-dealkylation sites (tertiary alicyclic amines) is 1. The molecule has 6 nitrogen and oxygen atoms in total. The predicted molar refractivity (Wildman–Crippen MR) is 115 cm³/mol. The number of benzene rings is 1. The Morgan fingerprint density at radius 1 is 1.24 bits per heavy atom. The van der Waals surface area contributed by atoms with Crippen molar-refractivity contribution in [1.29, 1.82) is 0 Å². The van der Waals surface area contributed by atoms with Crippen LogP contribution in [0.3, 0.4) is 0 Å². The van der Waals surface area contributed by atoms with E-state index in [-0.39, 0.29) is 18.0 Å². The molecule has 1 fully saturated rings. The average molecular weight is 412 g/mol. The summed E-state index contributed by atoms with van der Waals surface area (Å²) in [5, 5.41) is 2.52. The van der Waals surface area contributed by atoms with E-state index < -0.39 is 0 Å². The van der Waals surface area contributed by atoms with Gasteiger partial charge in [0.2, 0.25) is 5.91 Å². The summed E-state index contributed by atoms with van der Waals surface area (Å²) in [5.74, 6) is 1.44. The summed E-state index contributed by atoms with van der Waals surface area (Å²) in [6.07, 6.45) is 3.53. The molecule has 0 bridgehead atoms. The Kier molecular flexibility index (Phi) is 5.67. The number of carbonyl (C=O) groups is 1. The van der Waals surface area contributed by atoms with Gasteiger partial charge in [0.15, 0.2) is 0 Å². The van der Waals surface area contributed by atoms with Crippen LogP contribution in [0.15, 0.2) is 40.8 Å². The van der Waals surface area contributed by atoms with E-state index in [9.17, 15) is 9.59 Å². The molecule has 0 aliphatic carbocycles. The van der Waals surface area contributed by atoms with Gasteiger partial charge < -0.3 is 9.64 Å². The van der Waals surface area contributed by atoms with E-state index in [0.717, 1.165) is 42.8 Å². The van der Waals surface area contributed by atoms with E-state index in [1.165, 1.54) is 22.2 Å². The number of fused-ring (bicyclic) bond motifs is 1. The van der Waals surface area contributed by atoms with Crippen LogP contribution in [0.25, 0.3) is 21.3 Å². The van der Waals surface area contributed by atoms with Gasteiger partial charge in [-0.05, 0) is 43.4 Å². The van der Waals surface area contributed by atoms with Gasteiger partial charge in [-0.3, -0.25) is 14.2 Å². The first-order valence-corrected chi connectivity index (χ1v) is 10.9. The zero-order valence-corrected chi connectivity index (χ0v) is 17.6. The van der Waals surface area contributed by atoms with Crippen LogP contribution in [0, 0.1) is 5.92 Å². The number of nitrogens with zero attached hydrogens (tertiary/aromatic N) is 3. The lowest BCUT2D eigenvalue weighted by atomic mass is 9.99. The first-order valence-electron chi connectivity index (χ1n) is 10.0. The SMILES string of the molecule is CCOc1ccc(-c2csc3ncn(CC(=O)N4CCC(C)CC4)c(=O)c23)cc1. The van der Waals surface area contributed by atoms with Gasteiger partial charge in [-0.2, -0.15) is 0 Å². The monoisotopic (exact) mass is 411 g/mol. The molecular formula is C22H25N3O3S. The van der Waals surface area contributed by atoms with Crippen molar-refractivity contribution >= 4 is 27.5 Å². The molecule has 3 aromatic rings. The summed E-state index contributed by atoms with van der Waals surface area (Å²) in [4.78, 5) is 32.8. The van der Waals surface area contributed by atoms with E-state index in [1.807, 2.05) is 41.5 Å². The third-order valence-electron chi connectivity index (χ3n) is 5.48. The number of hydrogen-bond donors (Lipinski definition) is 0. The maximum atomic E-state index is 13.2. The largest absolute Gasteiger partial charge is 0.494 e. The maximum absolute atomic E-state index is 13.2. The fourth-order valence-electron chi connectivity index (χ4n) is 3.69. The van der Waals surface area contributed by atoms with Crippen LogP contribution in [-0.2, 0) is 11.3 Å².